The maximum Gasteiger partial charge on any atom is 0.237 e. The second-order valence-corrected chi connectivity index (χ2v) is 5.73. The van der Waals surface area contributed by atoms with Crippen molar-refractivity contribution in [1.29, 1.82) is 0 Å². The monoisotopic (exact) mass is 281 g/mol. The summed E-state index contributed by atoms with van der Waals surface area (Å²) in [5, 5.41) is 9.47. The fourth-order valence-electron chi connectivity index (χ4n) is 1.59. The number of aromatic hydroxyl groups is 1. The van der Waals surface area contributed by atoms with Crippen molar-refractivity contribution >= 4 is 15.7 Å². The van der Waals surface area contributed by atoms with Gasteiger partial charge in [0.2, 0.25) is 10.0 Å². The summed E-state index contributed by atoms with van der Waals surface area (Å²) < 4.78 is 38.9. The van der Waals surface area contributed by atoms with Crippen LogP contribution in [0.4, 0.5) is 10.1 Å². The summed E-state index contributed by atoms with van der Waals surface area (Å²) >= 11 is 0. The summed E-state index contributed by atoms with van der Waals surface area (Å²) in [5.41, 5.74) is 0.432. The van der Waals surface area contributed by atoms with Crippen molar-refractivity contribution in [1.82, 2.24) is 0 Å². The molecular weight excluding hydrogens is 269 g/mol. The average molecular weight is 281 g/mol. The summed E-state index contributed by atoms with van der Waals surface area (Å²) in [6.45, 7) is 0. The number of sulfonamides is 1. The SMILES string of the molecule is O=S(=O)(Cc1ccccc1)Nc1cc(F)ccc1O. The number of anilines is 1. The van der Waals surface area contributed by atoms with Crippen LogP contribution in [0.5, 0.6) is 5.75 Å². The van der Waals surface area contributed by atoms with E-state index in [1.54, 1.807) is 30.3 Å². The third kappa shape index (κ3) is 3.69. The Hall–Kier alpha value is -2.08. The predicted octanol–water partition coefficient (Wildman–Crippen LogP) is 2.47. The average Bonchev–Trinajstić information content (AvgIpc) is 2.34. The quantitative estimate of drug-likeness (QED) is 0.846. The van der Waals surface area contributed by atoms with Crippen LogP contribution in [-0.2, 0) is 15.8 Å². The second-order valence-electron chi connectivity index (χ2n) is 4.01. The second kappa shape index (κ2) is 5.27. The molecule has 0 aliphatic rings. The van der Waals surface area contributed by atoms with Crippen molar-refractivity contribution in [2.45, 2.75) is 5.75 Å². The Morgan fingerprint density at radius 3 is 2.47 bits per heavy atom. The third-order valence-electron chi connectivity index (χ3n) is 2.42. The van der Waals surface area contributed by atoms with E-state index in [1.807, 2.05) is 0 Å². The molecule has 0 radical (unpaired) electrons. The van der Waals surface area contributed by atoms with Gasteiger partial charge in [-0.1, -0.05) is 30.3 Å². The molecule has 0 saturated heterocycles. The van der Waals surface area contributed by atoms with Crippen LogP contribution in [0.15, 0.2) is 48.5 Å². The highest BCUT2D eigenvalue weighted by molar-refractivity contribution is 7.91. The van der Waals surface area contributed by atoms with Crippen molar-refractivity contribution in [3.05, 3.63) is 59.9 Å². The third-order valence-corrected chi connectivity index (χ3v) is 3.67. The smallest absolute Gasteiger partial charge is 0.237 e. The van der Waals surface area contributed by atoms with Crippen LogP contribution < -0.4 is 4.72 Å². The molecule has 0 aromatic heterocycles. The summed E-state index contributed by atoms with van der Waals surface area (Å²) in [4.78, 5) is 0. The maximum atomic E-state index is 13.0. The van der Waals surface area contributed by atoms with E-state index in [-0.39, 0.29) is 17.2 Å². The van der Waals surface area contributed by atoms with Gasteiger partial charge in [0.25, 0.3) is 0 Å². The first-order valence-electron chi connectivity index (χ1n) is 5.49. The van der Waals surface area contributed by atoms with Crippen molar-refractivity contribution in [2.75, 3.05) is 4.72 Å². The highest BCUT2D eigenvalue weighted by atomic mass is 32.2. The van der Waals surface area contributed by atoms with Crippen molar-refractivity contribution in [3.63, 3.8) is 0 Å². The lowest BCUT2D eigenvalue weighted by Crippen LogP contribution is -2.15. The minimum absolute atomic E-state index is 0.170. The molecule has 0 aliphatic carbocycles. The van der Waals surface area contributed by atoms with Crippen LogP contribution in [0, 0.1) is 5.82 Å². The van der Waals surface area contributed by atoms with Gasteiger partial charge in [0.05, 0.1) is 11.4 Å². The molecule has 0 saturated carbocycles. The minimum atomic E-state index is -3.70. The minimum Gasteiger partial charge on any atom is -0.506 e. The van der Waals surface area contributed by atoms with Crippen molar-refractivity contribution in [2.24, 2.45) is 0 Å². The molecule has 0 heterocycles. The molecule has 6 heteroatoms. The fraction of sp³-hybridized carbons (Fsp3) is 0.0769. The molecule has 0 aliphatic heterocycles. The maximum absolute atomic E-state index is 13.0. The molecule has 0 spiro atoms. The van der Waals surface area contributed by atoms with Gasteiger partial charge in [0.15, 0.2) is 0 Å². The lowest BCUT2D eigenvalue weighted by Gasteiger charge is -2.09. The number of halogens is 1. The van der Waals surface area contributed by atoms with Gasteiger partial charge in [0, 0.05) is 6.07 Å². The van der Waals surface area contributed by atoms with E-state index >= 15 is 0 Å². The first-order chi connectivity index (χ1) is 8.96. The molecule has 100 valence electrons. The lowest BCUT2D eigenvalue weighted by atomic mass is 10.2. The Bertz CT molecular complexity index is 672. The molecule has 0 unspecified atom stereocenters. The highest BCUT2D eigenvalue weighted by Crippen LogP contribution is 2.25. The summed E-state index contributed by atoms with van der Waals surface area (Å²) in [5.74, 6) is -1.20. The molecule has 0 atom stereocenters. The normalized spacial score (nSPS) is 11.2. The zero-order chi connectivity index (χ0) is 13.9. The van der Waals surface area contributed by atoms with Crippen LogP contribution >= 0.6 is 0 Å². The molecular formula is C13H12FNO3S. The Balaban J connectivity index is 2.20. The Kier molecular flexibility index (Phi) is 3.71. The van der Waals surface area contributed by atoms with Gasteiger partial charge in [0.1, 0.15) is 11.6 Å². The van der Waals surface area contributed by atoms with E-state index < -0.39 is 15.8 Å². The van der Waals surface area contributed by atoms with E-state index in [0.29, 0.717) is 5.56 Å². The van der Waals surface area contributed by atoms with E-state index in [9.17, 15) is 17.9 Å². The highest BCUT2D eigenvalue weighted by Gasteiger charge is 2.14. The molecule has 2 rings (SSSR count). The van der Waals surface area contributed by atoms with E-state index in [4.69, 9.17) is 0 Å². The Morgan fingerprint density at radius 1 is 1.11 bits per heavy atom. The van der Waals surface area contributed by atoms with Gasteiger partial charge in [-0.25, -0.2) is 12.8 Å². The molecule has 19 heavy (non-hydrogen) atoms. The molecule has 0 fully saturated rings. The number of benzene rings is 2. The molecule has 2 N–H and O–H groups in total. The molecule has 4 nitrogen and oxygen atoms in total. The van der Waals surface area contributed by atoms with Gasteiger partial charge in [-0.2, -0.15) is 0 Å². The van der Waals surface area contributed by atoms with Crippen LogP contribution in [0.2, 0.25) is 0 Å². The Morgan fingerprint density at radius 2 is 1.79 bits per heavy atom. The number of rotatable bonds is 4. The number of hydrogen-bond acceptors (Lipinski definition) is 3. The summed E-state index contributed by atoms with van der Waals surface area (Å²) in [6.07, 6.45) is 0. The summed E-state index contributed by atoms with van der Waals surface area (Å²) in [6, 6.07) is 11.6. The van der Waals surface area contributed by atoms with Gasteiger partial charge >= 0.3 is 0 Å². The van der Waals surface area contributed by atoms with Gasteiger partial charge in [-0.05, 0) is 17.7 Å². The number of phenolic OH excluding ortho intramolecular Hbond substituents is 1. The van der Waals surface area contributed by atoms with Gasteiger partial charge in [-0.15, -0.1) is 0 Å². The predicted molar refractivity (Wildman–Crippen MR) is 70.8 cm³/mol. The standard InChI is InChI=1S/C13H12FNO3S/c14-11-6-7-13(16)12(8-11)15-19(17,18)9-10-4-2-1-3-5-10/h1-8,15-16H,9H2. The fourth-order valence-corrected chi connectivity index (χ4v) is 2.79. The van der Waals surface area contributed by atoms with E-state index in [1.165, 1.54) is 0 Å². The Labute approximate surface area is 110 Å². The molecule has 2 aromatic carbocycles. The zero-order valence-corrected chi connectivity index (χ0v) is 10.7. The lowest BCUT2D eigenvalue weighted by molar-refractivity contribution is 0.475. The first-order valence-corrected chi connectivity index (χ1v) is 7.14. The largest absolute Gasteiger partial charge is 0.506 e. The van der Waals surface area contributed by atoms with Gasteiger partial charge in [-0.3, -0.25) is 4.72 Å². The van der Waals surface area contributed by atoms with E-state index in [0.717, 1.165) is 18.2 Å². The number of nitrogens with one attached hydrogen (secondary N) is 1. The van der Waals surface area contributed by atoms with Crippen molar-refractivity contribution in [3.8, 4) is 5.75 Å². The van der Waals surface area contributed by atoms with Crippen LogP contribution in [0.25, 0.3) is 0 Å². The molecule has 0 amide bonds. The van der Waals surface area contributed by atoms with Crippen LogP contribution in [0.1, 0.15) is 5.56 Å². The summed E-state index contributed by atoms with van der Waals surface area (Å²) in [7, 11) is -3.70. The topological polar surface area (TPSA) is 66.4 Å². The van der Waals surface area contributed by atoms with Crippen molar-refractivity contribution < 1.29 is 17.9 Å². The van der Waals surface area contributed by atoms with Crippen LogP contribution in [-0.4, -0.2) is 13.5 Å². The first kappa shape index (κ1) is 13.4. The van der Waals surface area contributed by atoms with E-state index in [2.05, 4.69) is 4.72 Å². The zero-order valence-electron chi connectivity index (χ0n) is 9.88. The van der Waals surface area contributed by atoms with Crippen LogP contribution in [0.3, 0.4) is 0 Å². The molecule has 2 aromatic rings. The van der Waals surface area contributed by atoms with Gasteiger partial charge < -0.3 is 5.11 Å². The molecule has 0 bridgehead atoms. The number of hydrogen-bond donors (Lipinski definition) is 2. The number of phenols is 1.